The first-order valence-corrected chi connectivity index (χ1v) is 10.0. The van der Waals surface area contributed by atoms with Gasteiger partial charge in [-0.05, 0) is 63.9 Å². The highest BCUT2D eigenvalue weighted by molar-refractivity contribution is 14.0. The summed E-state index contributed by atoms with van der Waals surface area (Å²) in [6.45, 7) is 5.97. The van der Waals surface area contributed by atoms with Gasteiger partial charge < -0.3 is 25.0 Å². The number of rotatable bonds is 12. The molecule has 1 aliphatic rings. The Kier molecular flexibility index (Phi) is 12.5. The molecule has 1 atom stereocenters. The first-order valence-electron chi connectivity index (χ1n) is 10.0. The molecule has 28 heavy (non-hydrogen) atoms. The van der Waals surface area contributed by atoms with Gasteiger partial charge in [-0.2, -0.15) is 0 Å². The zero-order chi connectivity index (χ0) is 19.5. The van der Waals surface area contributed by atoms with Crippen LogP contribution in [-0.4, -0.2) is 64.4 Å². The molecule has 2 rings (SSSR count). The van der Waals surface area contributed by atoms with Crippen molar-refractivity contribution < 1.29 is 9.47 Å². The second-order valence-electron chi connectivity index (χ2n) is 7.24. The van der Waals surface area contributed by atoms with Crippen LogP contribution in [0.3, 0.4) is 0 Å². The molecule has 0 saturated heterocycles. The number of ether oxygens (including phenoxy) is 2. The topological polar surface area (TPSA) is 58.1 Å². The Morgan fingerprint density at radius 2 is 1.93 bits per heavy atom. The monoisotopic (exact) mass is 504 g/mol. The molecule has 160 valence electrons. The number of hydrogen-bond donors (Lipinski definition) is 2. The quantitative estimate of drug-likeness (QED) is 0.198. The molecular weight excluding hydrogens is 467 g/mol. The molecule has 1 aromatic carbocycles. The van der Waals surface area contributed by atoms with E-state index in [9.17, 15) is 0 Å². The molecule has 1 unspecified atom stereocenters. The minimum atomic E-state index is 0. The van der Waals surface area contributed by atoms with E-state index in [-0.39, 0.29) is 24.0 Å². The molecule has 0 bridgehead atoms. The summed E-state index contributed by atoms with van der Waals surface area (Å²) in [6.07, 6.45) is 3.64. The van der Waals surface area contributed by atoms with E-state index in [2.05, 4.69) is 41.8 Å². The van der Waals surface area contributed by atoms with Crippen LogP contribution >= 0.6 is 24.0 Å². The van der Waals surface area contributed by atoms with Crippen LogP contribution in [0.25, 0.3) is 0 Å². The Bertz CT molecular complexity index is 560. The van der Waals surface area contributed by atoms with Crippen molar-refractivity contribution in [1.82, 2.24) is 15.5 Å². The summed E-state index contributed by atoms with van der Waals surface area (Å²) < 4.78 is 10.6. The molecule has 2 N–H and O–H groups in total. The van der Waals surface area contributed by atoms with Gasteiger partial charge >= 0.3 is 0 Å². The van der Waals surface area contributed by atoms with Crippen LogP contribution < -0.4 is 15.4 Å². The molecule has 0 aliphatic heterocycles. The number of likely N-dealkylation sites (N-methyl/N-ethyl adjacent to an activating group) is 1. The maximum atomic E-state index is 5.42. The maximum Gasteiger partial charge on any atom is 0.191 e. The van der Waals surface area contributed by atoms with E-state index in [1.807, 2.05) is 19.1 Å². The Labute approximate surface area is 187 Å². The van der Waals surface area contributed by atoms with E-state index in [4.69, 9.17) is 14.5 Å². The van der Waals surface area contributed by atoms with Crippen LogP contribution in [-0.2, 0) is 11.3 Å². The van der Waals surface area contributed by atoms with Gasteiger partial charge in [0.25, 0.3) is 0 Å². The van der Waals surface area contributed by atoms with Crippen LogP contribution in [0.4, 0.5) is 0 Å². The zero-order valence-corrected chi connectivity index (χ0v) is 20.1. The molecule has 1 aromatic rings. The average molecular weight is 504 g/mol. The number of hydrogen-bond acceptors (Lipinski definition) is 4. The summed E-state index contributed by atoms with van der Waals surface area (Å²) in [5, 5.41) is 6.98. The smallest absolute Gasteiger partial charge is 0.191 e. The summed E-state index contributed by atoms with van der Waals surface area (Å²) in [7, 11) is 6.01. The number of benzene rings is 1. The molecule has 1 saturated carbocycles. The first-order chi connectivity index (χ1) is 13.1. The number of methoxy groups -OCH3 is 1. The highest BCUT2D eigenvalue weighted by Gasteiger charge is 2.32. The molecular formula is C21H37IN4O2. The fourth-order valence-corrected chi connectivity index (χ4v) is 3.05. The van der Waals surface area contributed by atoms with Gasteiger partial charge in [0.15, 0.2) is 5.96 Å². The van der Waals surface area contributed by atoms with E-state index in [0.717, 1.165) is 55.9 Å². The Balaban J connectivity index is 0.00000392. The third-order valence-corrected chi connectivity index (χ3v) is 4.85. The number of guanidine groups is 1. The number of halogens is 1. The van der Waals surface area contributed by atoms with Crippen molar-refractivity contribution >= 4 is 29.9 Å². The third-order valence-electron chi connectivity index (χ3n) is 4.85. The number of aliphatic imine (C=N–C) groups is 1. The normalized spacial score (nSPS) is 15.1. The standard InChI is InChI=1S/C21H36N4O2.HI/c1-5-27-14-6-13-22-21(24-16-20(25(2)3)18-9-10-18)23-15-17-7-11-19(26-4)12-8-17;/h7-8,11-12,18,20H,5-6,9-10,13-16H2,1-4H3,(H2,22,23,24);1H. The van der Waals surface area contributed by atoms with Crippen molar-refractivity contribution in [2.24, 2.45) is 10.9 Å². The van der Waals surface area contributed by atoms with Crippen LogP contribution in [0.15, 0.2) is 29.3 Å². The lowest BCUT2D eigenvalue weighted by atomic mass is 10.1. The molecule has 0 aromatic heterocycles. The zero-order valence-electron chi connectivity index (χ0n) is 17.7. The van der Waals surface area contributed by atoms with Crippen molar-refractivity contribution in [3.63, 3.8) is 0 Å². The second-order valence-corrected chi connectivity index (χ2v) is 7.24. The van der Waals surface area contributed by atoms with Gasteiger partial charge in [0.1, 0.15) is 5.75 Å². The largest absolute Gasteiger partial charge is 0.497 e. The van der Waals surface area contributed by atoms with Gasteiger partial charge in [-0.3, -0.25) is 0 Å². The van der Waals surface area contributed by atoms with E-state index >= 15 is 0 Å². The summed E-state index contributed by atoms with van der Waals surface area (Å²) in [6, 6.07) is 8.62. The average Bonchev–Trinajstić information content (AvgIpc) is 3.50. The number of nitrogens with zero attached hydrogens (tertiary/aromatic N) is 2. The molecule has 6 nitrogen and oxygen atoms in total. The lowest BCUT2D eigenvalue weighted by Crippen LogP contribution is -2.46. The van der Waals surface area contributed by atoms with Crippen molar-refractivity contribution in [2.45, 2.75) is 38.8 Å². The van der Waals surface area contributed by atoms with Crippen LogP contribution in [0, 0.1) is 5.92 Å². The molecule has 0 radical (unpaired) electrons. The highest BCUT2D eigenvalue weighted by Crippen LogP contribution is 2.34. The molecule has 1 aliphatic carbocycles. The van der Waals surface area contributed by atoms with Gasteiger partial charge in [0, 0.05) is 32.3 Å². The first kappa shape index (κ1) is 25.0. The summed E-state index contributed by atoms with van der Waals surface area (Å²) >= 11 is 0. The molecule has 0 spiro atoms. The molecule has 1 fully saturated rings. The van der Waals surface area contributed by atoms with E-state index in [1.54, 1.807) is 7.11 Å². The van der Waals surface area contributed by atoms with Crippen molar-refractivity contribution in [3.8, 4) is 5.75 Å². The van der Waals surface area contributed by atoms with Gasteiger partial charge in [-0.15, -0.1) is 24.0 Å². The fourth-order valence-electron chi connectivity index (χ4n) is 3.05. The number of nitrogens with one attached hydrogen (secondary N) is 2. The summed E-state index contributed by atoms with van der Waals surface area (Å²) in [5.74, 6) is 2.55. The third kappa shape index (κ3) is 9.43. The van der Waals surface area contributed by atoms with Gasteiger partial charge in [0.2, 0.25) is 0 Å². The molecule has 7 heteroatoms. The van der Waals surface area contributed by atoms with Crippen molar-refractivity contribution in [2.75, 3.05) is 47.5 Å². The van der Waals surface area contributed by atoms with Gasteiger partial charge in [0.05, 0.1) is 13.7 Å². The van der Waals surface area contributed by atoms with E-state index in [1.165, 1.54) is 12.8 Å². The minimum Gasteiger partial charge on any atom is -0.497 e. The Morgan fingerprint density at radius 1 is 1.21 bits per heavy atom. The van der Waals surface area contributed by atoms with Crippen LogP contribution in [0.2, 0.25) is 0 Å². The van der Waals surface area contributed by atoms with Crippen molar-refractivity contribution in [1.29, 1.82) is 0 Å². The Hall–Kier alpha value is -1.06. The molecule has 0 heterocycles. The lowest BCUT2D eigenvalue weighted by molar-refractivity contribution is 0.145. The minimum absolute atomic E-state index is 0. The predicted molar refractivity (Wildman–Crippen MR) is 127 cm³/mol. The van der Waals surface area contributed by atoms with E-state index in [0.29, 0.717) is 12.6 Å². The van der Waals surface area contributed by atoms with Crippen molar-refractivity contribution in [3.05, 3.63) is 29.8 Å². The van der Waals surface area contributed by atoms with Crippen LogP contribution in [0.5, 0.6) is 5.75 Å². The summed E-state index contributed by atoms with van der Waals surface area (Å²) in [4.78, 5) is 7.09. The predicted octanol–water partition coefficient (Wildman–Crippen LogP) is 3.12. The van der Waals surface area contributed by atoms with Crippen LogP contribution in [0.1, 0.15) is 31.7 Å². The van der Waals surface area contributed by atoms with Gasteiger partial charge in [-0.1, -0.05) is 12.1 Å². The second kappa shape index (κ2) is 14.0. The maximum absolute atomic E-state index is 5.42. The van der Waals surface area contributed by atoms with E-state index < -0.39 is 0 Å². The lowest BCUT2D eigenvalue weighted by Gasteiger charge is -2.25. The Morgan fingerprint density at radius 3 is 2.50 bits per heavy atom. The summed E-state index contributed by atoms with van der Waals surface area (Å²) in [5.41, 5.74) is 1.16. The fraction of sp³-hybridized carbons (Fsp3) is 0.667. The SMILES string of the molecule is CCOCCCNC(=NCc1ccc(OC)cc1)NCC(C1CC1)N(C)C.I. The highest BCUT2D eigenvalue weighted by atomic mass is 127. The molecule has 0 amide bonds. The van der Waals surface area contributed by atoms with Gasteiger partial charge in [-0.25, -0.2) is 4.99 Å².